The average Bonchev–Trinajstić information content (AvgIpc) is 2.72. The highest BCUT2D eigenvalue weighted by molar-refractivity contribution is 6.24. The third-order valence-corrected chi connectivity index (χ3v) is 7.91. The molecule has 0 aliphatic heterocycles. The van der Waals surface area contributed by atoms with Crippen molar-refractivity contribution in [2.24, 2.45) is 17.6 Å². The Morgan fingerprint density at radius 1 is 1.14 bits per heavy atom. The van der Waals surface area contributed by atoms with Crippen LogP contribution in [0.15, 0.2) is 29.0 Å². The average molecular weight is 485 g/mol. The Balaban J connectivity index is 2.01. The standard InChI is InChI=1S/C26H32N2O7/c1-10-11-7-8-13(25(2,3)4)19(29)15(11)20(30)16-12(10)9-14-18(28(5)6)21(31)17(24(27)34)23(33)26(14,35)22(16)32/h7-8,10,12,14,18,29-30,33,35H,9H2,1-6H3,(H2,27,34). The van der Waals surface area contributed by atoms with E-state index in [9.17, 15) is 34.8 Å². The van der Waals surface area contributed by atoms with Crippen molar-refractivity contribution in [1.82, 2.24) is 4.90 Å². The van der Waals surface area contributed by atoms with E-state index in [0.29, 0.717) is 11.1 Å². The lowest BCUT2D eigenvalue weighted by Crippen LogP contribution is -2.65. The van der Waals surface area contributed by atoms with Gasteiger partial charge in [-0.25, -0.2) is 0 Å². The summed E-state index contributed by atoms with van der Waals surface area (Å²) >= 11 is 0. The van der Waals surface area contributed by atoms with Gasteiger partial charge in [-0.1, -0.05) is 39.8 Å². The number of aliphatic hydroxyl groups excluding tert-OH is 2. The second-order valence-corrected chi connectivity index (χ2v) is 11.1. The van der Waals surface area contributed by atoms with Crippen LogP contribution in [0.2, 0.25) is 0 Å². The zero-order valence-electron chi connectivity index (χ0n) is 20.7. The molecule has 5 atom stereocenters. The number of aromatic hydroxyl groups is 1. The fraction of sp³-hybridized carbons (Fsp3) is 0.500. The molecule has 0 radical (unpaired) electrons. The van der Waals surface area contributed by atoms with Crippen LogP contribution in [0.1, 0.15) is 56.7 Å². The molecule has 1 amide bonds. The number of phenols is 1. The van der Waals surface area contributed by atoms with Crippen LogP contribution in [0.3, 0.4) is 0 Å². The molecule has 1 aromatic carbocycles. The van der Waals surface area contributed by atoms with Crippen molar-refractivity contribution in [3.63, 3.8) is 0 Å². The number of fused-ring (bicyclic) bond motifs is 3. The van der Waals surface area contributed by atoms with E-state index < -0.39 is 63.5 Å². The zero-order valence-corrected chi connectivity index (χ0v) is 20.7. The Hall–Kier alpha value is -3.17. The van der Waals surface area contributed by atoms with Gasteiger partial charge in [-0.05, 0) is 43.3 Å². The Bertz CT molecular complexity index is 1240. The van der Waals surface area contributed by atoms with E-state index in [1.54, 1.807) is 20.2 Å². The van der Waals surface area contributed by atoms with Gasteiger partial charge in [0.2, 0.25) is 5.78 Å². The van der Waals surface area contributed by atoms with Crippen molar-refractivity contribution in [3.05, 3.63) is 45.7 Å². The third-order valence-electron chi connectivity index (χ3n) is 7.91. The molecule has 6 N–H and O–H groups in total. The maximum absolute atomic E-state index is 13.9. The normalized spacial score (nSPS) is 30.9. The minimum Gasteiger partial charge on any atom is -0.508 e. The summed E-state index contributed by atoms with van der Waals surface area (Å²) in [6, 6.07) is 2.51. The van der Waals surface area contributed by atoms with E-state index in [-0.39, 0.29) is 29.2 Å². The van der Waals surface area contributed by atoms with Crippen molar-refractivity contribution in [2.75, 3.05) is 14.1 Å². The van der Waals surface area contributed by atoms with Crippen molar-refractivity contribution < 1.29 is 34.8 Å². The zero-order chi connectivity index (χ0) is 26.4. The number of carbonyl (C=O) groups excluding carboxylic acids is 3. The van der Waals surface area contributed by atoms with Crippen LogP contribution in [-0.4, -0.2) is 68.5 Å². The Kier molecular flexibility index (Phi) is 5.46. The van der Waals surface area contributed by atoms with Crippen LogP contribution in [0.25, 0.3) is 5.76 Å². The summed E-state index contributed by atoms with van der Waals surface area (Å²) in [5.74, 6) is -6.80. The highest BCUT2D eigenvalue weighted by atomic mass is 16.3. The van der Waals surface area contributed by atoms with E-state index in [1.807, 2.05) is 33.8 Å². The van der Waals surface area contributed by atoms with Gasteiger partial charge in [0, 0.05) is 17.1 Å². The van der Waals surface area contributed by atoms with Crippen LogP contribution in [0.4, 0.5) is 0 Å². The Morgan fingerprint density at radius 2 is 1.74 bits per heavy atom. The van der Waals surface area contributed by atoms with Gasteiger partial charge in [-0.2, -0.15) is 0 Å². The first-order valence-electron chi connectivity index (χ1n) is 11.6. The number of hydrogen-bond acceptors (Lipinski definition) is 8. The molecule has 0 saturated heterocycles. The van der Waals surface area contributed by atoms with Gasteiger partial charge in [0.15, 0.2) is 11.4 Å². The molecule has 0 bridgehead atoms. The third kappa shape index (κ3) is 3.18. The largest absolute Gasteiger partial charge is 0.508 e. The predicted octanol–water partition coefficient (Wildman–Crippen LogP) is 1.82. The van der Waals surface area contributed by atoms with Crippen molar-refractivity contribution in [2.45, 2.75) is 57.1 Å². The van der Waals surface area contributed by atoms with Gasteiger partial charge in [0.05, 0.1) is 11.6 Å². The van der Waals surface area contributed by atoms with Crippen LogP contribution in [0, 0.1) is 11.8 Å². The molecule has 0 aromatic heterocycles. The maximum Gasteiger partial charge on any atom is 0.255 e. The number of carbonyl (C=O) groups is 3. The maximum atomic E-state index is 13.9. The summed E-state index contributed by atoms with van der Waals surface area (Å²) in [4.78, 5) is 40.6. The highest BCUT2D eigenvalue weighted by Crippen LogP contribution is 2.56. The topological polar surface area (TPSA) is 161 Å². The van der Waals surface area contributed by atoms with E-state index in [0.717, 1.165) is 0 Å². The minimum atomic E-state index is -2.64. The number of ketones is 2. The molecule has 1 aromatic rings. The summed E-state index contributed by atoms with van der Waals surface area (Å²) in [5.41, 5.74) is 2.61. The molecule has 9 heteroatoms. The number of amides is 1. The molecular weight excluding hydrogens is 452 g/mol. The number of aliphatic hydroxyl groups is 3. The molecular formula is C26H32N2O7. The van der Waals surface area contributed by atoms with Crippen LogP contribution in [-0.2, 0) is 19.8 Å². The van der Waals surface area contributed by atoms with Gasteiger partial charge in [-0.15, -0.1) is 0 Å². The lowest BCUT2D eigenvalue weighted by molar-refractivity contribution is -0.154. The number of benzene rings is 1. The fourth-order valence-corrected chi connectivity index (χ4v) is 6.14. The first kappa shape index (κ1) is 24.9. The van der Waals surface area contributed by atoms with Crippen LogP contribution >= 0.6 is 0 Å². The molecule has 35 heavy (non-hydrogen) atoms. The summed E-state index contributed by atoms with van der Waals surface area (Å²) in [6.45, 7) is 7.56. The number of Topliss-reactive ketones (excluding diaryl/α,β-unsaturated/α-hetero) is 2. The number of phenolic OH excluding ortho intramolecular Hbond substituents is 1. The van der Waals surface area contributed by atoms with Crippen LogP contribution < -0.4 is 5.73 Å². The molecule has 4 rings (SSSR count). The fourth-order valence-electron chi connectivity index (χ4n) is 6.14. The molecule has 5 unspecified atom stereocenters. The van der Waals surface area contributed by atoms with Gasteiger partial charge in [0.25, 0.3) is 5.91 Å². The van der Waals surface area contributed by atoms with Gasteiger partial charge < -0.3 is 26.2 Å². The van der Waals surface area contributed by atoms with Gasteiger partial charge >= 0.3 is 0 Å². The molecule has 0 spiro atoms. The SMILES string of the molecule is CC1c2ccc(C(C)(C)C)c(O)c2C(O)=C2C(=O)C3(O)C(O)=C(C(N)=O)C(=O)C(N(C)C)C3CC21. The summed E-state index contributed by atoms with van der Waals surface area (Å²) in [7, 11) is 3.14. The summed E-state index contributed by atoms with van der Waals surface area (Å²) in [5, 5.41) is 45.0. The van der Waals surface area contributed by atoms with Crippen molar-refractivity contribution >= 4 is 23.2 Å². The van der Waals surface area contributed by atoms with Crippen molar-refractivity contribution in [3.8, 4) is 5.75 Å². The number of likely N-dealkylation sites (N-methyl/N-ethyl adjacent to an activating group) is 1. The monoisotopic (exact) mass is 484 g/mol. The Morgan fingerprint density at radius 3 is 2.26 bits per heavy atom. The molecule has 188 valence electrons. The molecule has 1 fully saturated rings. The smallest absolute Gasteiger partial charge is 0.255 e. The highest BCUT2D eigenvalue weighted by Gasteiger charge is 2.64. The molecule has 9 nitrogen and oxygen atoms in total. The van der Waals surface area contributed by atoms with E-state index >= 15 is 0 Å². The number of rotatable bonds is 2. The quantitative estimate of drug-likeness (QED) is 0.397. The number of nitrogens with two attached hydrogens (primary N) is 1. The number of primary amides is 1. The second-order valence-electron chi connectivity index (χ2n) is 11.1. The Labute approximate surface area is 203 Å². The number of hydrogen-bond donors (Lipinski definition) is 5. The molecule has 3 aliphatic rings. The molecule has 0 heterocycles. The van der Waals surface area contributed by atoms with Crippen molar-refractivity contribution in [1.29, 1.82) is 0 Å². The van der Waals surface area contributed by atoms with Gasteiger partial charge in [0.1, 0.15) is 22.8 Å². The number of nitrogens with zero attached hydrogens (tertiary/aromatic N) is 1. The lowest BCUT2D eigenvalue weighted by Gasteiger charge is -2.51. The summed E-state index contributed by atoms with van der Waals surface area (Å²) < 4.78 is 0. The van der Waals surface area contributed by atoms with E-state index in [1.165, 1.54) is 4.90 Å². The lowest BCUT2D eigenvalue weighted by atomic mass is 9.55. The van der Waals surface area contributed by atoms with E-state index in [4.69, 9.17) is 5.73 Å². The second kappa shape index (κ2) is 7.66. The van der Waals surface area contributed by atoms with Crippen LogP contribution in [0.5, 0.6) is 5.75 Å². The minimum absolute atomic E-state index is 0.0642. The first-order valence-corrected chi connectivity index (χ1v) is 11.6. The van der Waals surface area contributed by atoms with E-state index in [2.05, 4.69) is 0 Å². The molecule has 3 aliphatic carbocycles. The first-order chi connectivity index (χ1) is 16.1. The van der Waals surface area contributed by atoms with Gasteiger partial charge in [-0.3, -0.25) is 19.3 Å². The predicted molar refractivity (Wildman–Crippen MR) is 128 cm³/mol. The molecule has 1 saturated carbocycles. The summed E-state index contributed by atoms with van der Waals surface area (Å²) in [6.07, 6.45) is 0.0642.